The summed E-state index contributed by atoms with van der Waals surface area (Å²) in [6.07, 6.45) is 2.06. The van der Waals surface area contributed by atoms with E-state index in [0.717, 1.165) is 18.9 Å². The number of benzene rings is 1. The van der Waals surface area contributed by atoms with E-state index in [9.17, 15) is 14.7 Å². The predicted molar refractivity (Wildman–Crippen MR) is 75.0 cm³/mol. The number of phenolic OH excluding ortho intramolecular Hbond substituents is 2. The lowest BCUT2D eigenvalue weighted by atomic mass is 10.0. The minimum Gasteiger partial charge on any atom is -0.508 e. The van der Waals surface area contributed by atoms with Gasteiger partial charge in [0.05, 0.1) is 0 Å². The first-order chi connectivity index (χ1) is 9.97. The molecule has 114 valence electrons. The molecule has 1 aromatic carbocycles. The van der Waals surface area contributed by atoms with Crippen molar-refractivity contribution in [3.63, 3.8) is 0 Å². The number of ether oxygens (including phenoxy) is 1. The average Bonchev–Trinajstić information content (AvgIpc) is 2.44. The highest BCUT2D eigenvalue weighted by Gasteiger charge is 2.22. The van der Waals surface area contributed by atoms with Crippen LogP contribution in [0.15, 0.2) is 18.2 Å². The highest BCUT2D eigenvalue weighted by atomic mass is 16.5. The van der Waals surface area contributed by atoms with Crippen molar-refractivity contribution < 1.29 is 24.5 Å². The fourth-order valence-corrected chi connectivity index (χ4v) is 2.40. The Morgan fingerprint density at radius 1 is 1.38 bits per heavy atom. The molecule has 21 heavy (non-hydrogen) atoms. The van der Waals surface area contributed by atoms with Crippen molar-refractivity contribution in [1.82, 2.24) is 4.90 Å². The molecule has 0 saturated carbocycles. The molecule has 1 aliphatic heterocycles. The van der Waals surface area contributed by atoms with E-state index in [0.29, 0.717) is 19.0 Å². The Labute approximate surface area is 122 Å². The molecule has 0 radical (unpaired) electrons. The quantitative estimate of drug-likeness (QED) is 0.825. The normalized spacial score (nSPS) is 18.3. The second-order valence-corrected chi connectivity index (χ2v) is 5.36. The number of hydrogen-bond acceptors (Lipinski definition) is 5. The monoisotopic (exact) mass is 293 g/mol. The molecule has 1 atom stereocenters. The first-order valence-electron chi connectivity index (χ1n) is 6.94. The number of phenols is 2. The van der Waals surface area contributed by atoms with Crippen molar-refractivity contribution in [3.05, 3.63) is 23.8 Å². The van der Waals surface area contributed by atoms with Gasteiger partial charge in [-0.25, -0.2) is 4.79 Å². The molecule has 0 aliphatic carbocycles. The summed E-state index contributed by atoms with van der Waals surface area (Å²) in [6, 6.07) is 3.57. The molecule has 0 spiro atoms. The molecule has 6 heteroatoms. The van der Waals surface area contributed by atoms with Gasteiger partial charge in [-0.15, -0.1) is 0 Å². The molecule has 2 N–H and O–H groups in total. The van der Waals surface area contributed by atoms with Crippen molar-refractivity contribution in [1.29, 1.82) is 0 Å². The molecule has 6 nitrogen and oxygen atoms in total. The van der Waals surface area contributed by atoms with Crippen LogP contribution in [0.2, 0.25) is 0 Å². The Kier molecular flexibility index (Phi) is 4.67. The van der Waals surface area contributed by atoms with Crippen LogP contribution in [0.25, 0.3) is 0 Å². The Morgan fingerprint density at radius 3 is 2.81 bits per heavy atom. The Balaban J connectivity index is 1.90. The van der Waals surface area contributed by atoms with Gasteiger partial charge in [-0.05, 0) is 30.9 Å². The van der Waals surface area contributed by atoms with E-state index < -0.39 is 5.97 Å². The van der Waals surface area contributed by atoms with Crippen LogP contribution in [0.3, 0.4) is 0 Å². The van der Waals surface area contributed by atoms with Gasteiger partial charge in [-0.3, -0.25) is 4.79 Å². The summed E-state index contributed by atoms with van der Waals surface area (Å²) in [5.41, 5.74) is -0.0763. The molecule has 1 aromatic rings. The SMILES string of the molecule is C[C@H]1CCCN(C(=O)COC(=O)c2ccc(O)cc2O)C1. The third-order valence-corrected chi connectivity index (χ3v) is 3.54. The lowest BCUT2D eigenvalue weighted by Gasteiger charge is -2.30. The molecular weight excluding hydrogens is 274 g/mol. The van der Waals surface area contributed by atoms with E-state index in [1.54, 1.807) is 4.90 Å². The first-order valence-corrected chi connectivity index (χ1v) is 6.94. The molecular formula is C15H19NO5. The smallest absolute Gasteiger partial charge is 0.342 e. The van der Waals surface area contributed by atoms with Crippen molar-refractivity contribution in [2.75, 3.05) is 19.7 Å². The molecule has 1 aliphatic rings. The molecule has 0 bridgehead atoms. The Hall–Kier alpha value is -2.24. The Morgan fingerprint density at radius 2 is 2.14 bits per heavy atom. The zero-order valence-corrected chi connectivity index (χ0v) is 11.9. The molecule has 1 fully saturated rings. The number of aromatic hydroxyl groups is 2. The lowest BCUT2D eigenvalue weighted by Crippen LogP contribution is -2.41. The van der Waals surface area contributed by atoms with Crippen LogP contribution in [-0.4, -0.2) is 46.7 Å². The van der Waals surface area contributed by atoms with Crippen molar-refractivity contribution in [2.45, 2.75) is 19.8 Å². The lowest BCUT2D eigenvalue weighted by molar-refractivity contribution is -0.136. The number of rotatable bonds is 3. The molecule has 0 unspecified atom stereocenters. The second kappa shape index (κ2) is 6.47. The second-order valence-electron chi connectivity index (χ2n) is 5.36. The van der Waals surface area contributed by atoms with Gasteiger partial charge in [0.1, 0.15) is 17.1 Å². The summed E-state index contributed by atoms with van der Waals surface area (Å²) in [6.45, 7) is 3.11. The van der Waals surface area contributed by atoms with Crippen LogP contribution >= 0.6 is 0 Å². The van der Waals surface area contributed by atoms with E-state index in [1.807, 2.05) is 0 Å². The number of carbonyl (C=O) groups excluding carboxylic acids is 2. The Bertz CT molecular complexity index is 543. The van der Waals surface area contributed by atoms with E-state index >= 15 is 0 Å². The summed E-state index contributed by atoms with van der Waals surface area (Å²) in [5.74, 6) is -1.08. The summed E-state index contributed by atoms with van der Waals surface area (Å²) < 4.78 is 4.93. The van der Waals surface area contributed by atoms with Gasteiger partial charge in [0.15, 0.2) is 6.61 Å². The van der Waals surface area contributed by atoms with Gasteiger partial charge < -0.3 is 19.8 Å². The van der Waals surface area contributed by atoms with Crippen LogP contribution in [0.4, 0.5) is 0 Å². The highest BCUT2D eigenvalue weighted by Crippen LogP contribution is 2.23. The maximum atomic E-state index is 12.0. The van der Waals surface area contributed by atoms with Gasteiger partial charge in [-0.2, -0.15) is 0 Å². The number of amides is 1. The number of carbonyl (C=O) groups is 2. The zero-order chi connectivity index (χ0) is 15.4. The third kappa shape index (κ3) is 3.87. The summed E-state index contributed by atoms with van der Waals surface area (Å²) in [7, 11) is 0. The number of nitrogens with zero attached hydrogens (tertiary/aromatic N) is 1. The van der Waals surface area contributed by atoms with Gasteiger partial charge in [0, 0.05) is 19.2 Å². The van der Waals surface area contributed by atoms with Gasteiger partial charge in [-0.1, -0.05) is 6.92 Å². The largest absolute Gasteiger partial charge is 0.508 e. The number of likely N-dealkylation sites (tertiary alicyclic amines) is 1. The van der Waals surface area contributed by atoms with Crippen LogP contribution in [-0.2, 0) is 9.53 Å². The third-order valence-electron chi connectivity index (χ3n) is 3.54. The fraction of sp³-hybridized carbons (Fsp3) is 0.467. The van der Waals surface area contributed by atoms with Crippen LogP contribution in [0, 0.1) is 5.92 Å². The van der Waals surface area contributed by atoms with Crippen LogP contribution in [0.5, 0.6) is 11.5 Å². The molecule has 1 heterocycles. The van der Waals surface area contributed by atoms with Crippen molar-refractivity contribution in [2.24, 2.45) is 5.92 Å². The van der Waals surface area contributed by atoms with E-state index in [-0.39, 0.29) is 29.6 Å². The van der Waals surface area contributed by atoms with Gasteiger partial charge >= 0.3 is 5.97 Å². The predicted octanol–water partition coefficient (Wildman–Crippen LogP) is 1.51. The minimum atomic E-state index is -0.786. The molecule has 2 rings (SSSR count). The zero-order valence-electron chi connectivity index (χ0n) is 11.9. The maximum Gasteiger partial charge on any atom is 0.342 e. The maximum absolute atomic E-state index is 12.0. The van der Waals surface area contributed by atoms with Crippen molar-refractivity contribution >= 4 is 11.9 Å². The number of piperidine rings is 1. The summed E-state index contributed by atoms with van der Waals surface area (Å²) in [4.78, 5) is 25.5. The number of esters is 1. The molecule has 1 saturated heterocycles. The molecule has 0 aromatic heterocycles. The van der Waals surface area contributed by atoms with Gasteiger partial charge in [0.25, 0.3) is 5.91 Å². The molecule has 1 amide bonds. The van der Waals surface area contributed by atoms with E-state index in [4.69, 9.17) is 9.84 Å². The highest BCUT2D eigenvalue weighted by molar-refractivity contribution is 5.94. The summed E-state index contributed by atoms with van der Waals surface area (Å²) in [5, 5.41) is 18.7. The average molecular weight is 293 g/mol. The van der Waals surface area contributed by atoms with Crippen molar-refractivity contribution in [3.8, 4) is 11.5 Å². The number of hydrogen-bond donors (Lipinski definition) is 2. The van der Waals surface area contributed by atoms with Crippen LogP contribution in [0.1, 0.15) is 30.1 Å². The van der Waals surface area contributed by atoms with Gasteiger partial charge in [0.2, 0.25) is 0 Å². The minimum absolute atomic E-state index is 0.0763. The fourth-order valence-electron chi connectivity index (χ4n) is 2.40. The standard InChI is InChI=1S/C15H19NO5/c1-10-3-2-6-16(8-10)14(19)9-21-15(20)12-5-4-11(17)7-13(12)18/h4-5,7,10,17-18H,2-3,6,8-9H2,1H3/t10-/m0/s1. The topological polar surface area (TPSA) is 87.1 Å². The van der Waals surface area contributed by atoms with E-state index in [1.165, 1.54) is 12.1 Å². The first kappa shape index (κ1) is 15.2. The summed E-state index contributed by atoms with van der Waals surface area (Å²) >= 11 is 0. The van der Waals surface area contributed by atoms with Crippen LogP contribution < -0.4 is 0 Å². The van der Waals surface area contributed by atoms with E-state index in [2.05, 4.69) is 6.92 Å².